The fourth-order valence-electron chi connectivity index (χ4n) is 0. The van der Waals surface area contributed by atoms with Gasteiger partial charge in [-0.1, -0.05) is 0 Å². The van der Waals surface area contributed by atoms with Gasteiger partial charge in [0.2, 0.25) is 0 Å². The fourth-order valence-corrected chi connectivity index (χ4v) is 0. The molecule has 3 heteroatoms. The molecule has 0 rings (SSSR count). The molecular weight excluding hydrogens is 67.0 g/mol. The molecule has 0 aliphatic heterocycles. The molecule has 0 aliphatic carbocycles. The van der Waals surface area contributed by atoms with E-state index < -0.39 is 0 Å². The van der Waals surface area contributed by atoms with Crippen molar-refractivity contribution in [2.24, 2.45) is 0 Å². The summed E-state index contributed by atoms with van der Waals surface area (Å²) in [7, 11) is 0. The molecule has 0 saturated carbocycles. The molecule has 0 aromatic carbocycles. The summed E-state index contributed by atoms with van der Waals surface area (Å²) in [5.74, 6) is 0. The van der Waals surface area contributed by atoms with Gasteiger partial charge in [-0.25, -0.2) is 0 Å². The van der Waals surface area contributed by atoms with Crippen molar-refractivity contribution >= 4 is 30.9 Å². The SMILES string of the molecule is CSO.[LiH]. The first-order chi connectivity index (χ1) is 1.41. The van der Waals surface area contributed by atoms with Crippen molar-refractivity contribution in [3.8, 4) is 0 Å². The average Bonchev–Trinajstić information content (AvgIpc) is 0.918. The first kappa shape index (κ1) is 8.86. The van der Waals surface area contributed by atoms with E-state index >= 15 is 0 Å². The van der Waals surface area contributed by atoms with Crippen LogP contribution in [0, 0.1) is 0 Å². The third-order valence-electron chi connectivity index (χ3n) is 0. The molecule has 0 amide bonds. The molecule has 0 unspecified atom stereocenters. The Balaban J connectivity index is 0. The number of hydrogen-bond donors (Lipinski definition) is 1. The first-order valence-corrected chi connectivity index (χ1v) is 1.77. The van der Waals surface area contributed by atoms with Crippen LogP contribution in [-0.4, -0.2) is 29.7 Å². The van der Waals surface area contributed by atoms with Crippen LogP contribution in [0.25, 0.3) is 0 Å². The summed E-state index contributed by atoms with van der Waals surface area (Å²) >= 11 is 0.750. The predicted octanol–water partition coefficient (Wildman–Crippen LogP) is 0.174. The van der Waals surface area contributed by atoms with Crippen molar-refractivity contribution in [2.45, 2.75) is 0 Å². The molecule has 0 fully saturated rings. The van der Waals surface area contributed by atoms with Crippen LogP contribution in [0.3, 0.4) is 0 Å². The van der Waals surface area contributed by atoms with E-state index in [0.717, 1.165) is 12.0 Å². The van der Waals surface area contributed by atoms with E-state index in [1.54, 1.807) is 6.26 Å². The molecule has 0 atom stereocenters. The van der Waals surface area contributed by atoms with E-state index in [2.05, 4.69) is 0 Å². The second-order valence-corrected chi connectivity index (χ2v) is 0.548. The van der Waals surface area contributed by atoms with Gasteiger partial charge in [0.25, 0.3) is 0 Å². The molecule has 1 N–H and O–H groups in total. The Hall–Kier alpha value is 0.907. The van der Waals surface area contributed by atoms with Crippen molar-refractivity contribution in [1.29, 1.82) is 0 Å². The van der Waals surface area contributed by atoms with Gasteiger partial charge >= 0.3 is 18.9 Å². The Morgan fingerprint density at radius 3 is 1.75 bits per heavy atom. The van der Waals surface area contributed by atoms with E-state index in [-0.39, 0.29) is 18.9 Å². The van der Waals surface area contributed by atoms with Crippen molar-refractivity contribution in [2.75, 3.05) is 6.26 Å². The van der Waals surface area contributed by atoms with E-state index in [0.29, 0.717) is 0 Å². The summed E-state index contributed by atoms with van der Waals surface area (Å²) in [6.45, 7) is 0. The Morgan fingerprint density at radius 2 is 1.75 bits per heavy atom. The second kappa shape index (κ2) is 9.08. The monoisotopic (exact) mass is 72.0 g/mol. The van der Waals surface area contributed by atoms with Crippen molar-refractivity contribution in [3.63, 3.8) is 0 Å². The number of rotatable bonds is 0. The van der Waals surface area contributed by atoms with Crippen molar-refractivity contribution in [3.05, 3.63) is 0 Å². The van der Waals surface area contributed by atoms with E-state index in [4.69, 9.17) is 4.55 Å². The van der Waals surface area contributed by atoms with Crippen molar-refractivity contribution in [1.82, 2.24) is 0 Å². The Labute approximate surface area is 42.2 Å². The fraction of sp³-hybridized carbons (Fsp3) is 1.00. The summed E-state index contributed by atoms with van der Waals surface area (Å²) in [6.07, 6.45) is 1.60. The summed E-state index contributed by atoms with van der Waals surface area (Å²) in [6, 6.07) is 0. The van der Waals surface area contributed by atoms with Gasteiger partial charge in [-0.05, 0) is 12.0 Å². The maximum atomic E-state index is 7.49. The molecule has 0 aliphatic rings. The molecule has 1 nitrogen and oxygen atoms in total. The van der Waals surface area contributed by atoms with Gasteiger partial charge in [0.1, 0.15) is 0 Å². The van der Waals surface area contributed by atoms with Gasteiger partial charge < -0.3 is 4.55 Å². The van der Waals surface area contributed by atoms with Gasteiger partial charge in [-0.15, -0.1) is 0 Å². The van der Waals surface area contributed by atoms with Crippen LogP contribution in [0.2, 0.25) is 0 Å². The second-order valence-electron chi connectivity index (χ2n) is 0.183. The maximum absolute atomic E-state index is 7.49. The quantitative estimate of drug-likeness (QED) is 0.325. The molecule has 22 valence electrons. The van der Waals surface area contributed by atoms with E-state index in [1.807, 2.05) is 0 Å². The van der Waals surface area contributed by atoms with Crippen LogP contribution in [0.5, 0.6) is 0 Å². The molecule has 4 heavy (non-hydrogen) atoms. The molecule has 0 aromatic rings. The molecule has 0 radical (unpaired) electrons. The predicted molar refractivity (Wildman–Crippen MR) is 23.3 cm³/mol. The third kappa shape index (κ3) is 12.8. The molecule has 0 saturated heterocycles. The van der Waals surface area contributed by atoms with E-state index in [1.165, 1.54) is 0 Å². The van der Waals surface area contributed by atoms with Gasteiger partial charge in [0.05, 0.1) is 0 Å². The minimum atomic E-state index is 0. The molecule has 0 heterocycles. The van der Waals surface area contributed by atoms with E-state index in [9.17, 15) is 0 Å². The van der Waals surface area contributed by atoms with Crippen LogP contribution in [-0.2, 0) is 0 Å². The van der Waals surface area contributed by atoms with Gasteiger partial charge in [-0.2, -0.15) is 0 Å². The summed E-state index contributed by atoms with van der Waals surface area (Å²) in [5.41, 5.74) is 0. The Bertz CT molecular complexity index is 8.00. The Kier molecular flexibility index (Phi) is 20.1. The normalized spacial score (nSPS) is 4.50. The van der Waals surface area contributed by atoms with Gasteiger partial charge in [-0.3, -0.25) is 0 Å². The van der Waals surface area contributed by atoms with Crippen LogP contribution in [0.1, 0.15) is 0 Å². The zero-order valence-corrected chi connectivity index (χ0v) is 2.67. The average molecular weight is 72.1 g/mol. The zero-order valence-electron chi connectivity index (χ0n) is 1.86. The number of hydrogen-bond acceptors (Lipinski definition) is 2. The molecule has 0 bridgehead atoms. The molecule has 0 aromatic heterocycles. The molecule has 0 spiro atoms. The van der Waals surface area contributed by atoms with Crippen LogP contribution < -0.4 is 0 Å². The summed E-state index contributed by atoms with van der Waals surface area (Å²) in [5, 5.41) is 0. The topological polar surface area (TPSA) is 20.2 Å². The summed E-state index contributed by atoms with van der Waals surface area (Å²) in [4.78, 5) is 0. The first-order valence-electron chi connectivity index (χ1n) is 0.591. The van der Waals surface area contributed by atoms with Crippen molar-refractivity contribution < 1.29 is 4.55 Å². The molecular formula is CH5LiOS. The van der Waals surface area contributed by atoms with Crippen LogP contribution in [0.4, 0.5) is 0 Å². The van der Waals surface area contributed by atoms with Crippen LogP contribution in [0.15, 0.2) is 0 Å². The van der Waals surface area contributed by atoms with Crippen LogP contribution >= 0.6 is 12.0 Å². The van der Waals surface area contributed by atoms with Gasteiger partial charge in [0.15, 0.2) is 0 Å². The minimum absolute atomic E-state index is 0. The zero-order chi connectivity index (χ0) is 2.71. The summed E-state index contributed by atoms with van der Waals surface area (Å²) < 4.78 is 7.49. The van der Waals surface area contributed by atoms with Gasteiger partial charge in [0, 0.05) is 6.26 Å². The third-order valence-corrected chi connectivity index (χ3v) is 0. The standard InChI is InChI=1S/CH4OS.Li.H/c1-3-2;;/h2H,1H3;;. The Morgan fingerprint density at radius 1 is 1.75 bits per heavy atom.